The second-order valence-electron chi connectivity index (χ2n) is 7.19. The van der Waals surface area contributed by atoms with Crippen molar-refractivity contribution in [2.24, 2.45) is 5.92 Å². The third-order valence-electron chi connectivity index (χ3n) is 4.87. The third kappa shape index (κ3) is 3.30. The molecule has 2 aliphatic rings. The normalized spacial score (nSPS) is 25.9. The highest BCUT2D eigenvalue weighted by molar-refractivity contribution is 5.35. The smallest absolute Gasteiger partial charge is 0.416 e. The van der Waals surface area contributed by atoms with Crippen LogP contribution in [0.25, 0.3) is 0 Å². The van der Waals surface area contributed by atoms with Crippen LogP contribution in [-0.4, -0.2) is 12.6 Å². The minimum atomic E-state index is -4.29. The second kappa shape index (κ2) is 5.87. The molecule has 24 heavy (non-hydrogen) atoms. The number of allylic oxidation sites excluding steroid dienone is 3. The van der Waals surface area contributed by atoms with Gasteiger partial charge >= 0.3 is 6.18 Å². The summed E-state index contributed by atoms with van der Waals surface area (Å²) < 4.78 is 43.7. The van der Waals surface area contributed by atoms with Crippen LogP contribution in [0.1, 0.15) is 43.7 Å². The van der Waals surface area contributed by atoms with Gasteiger partial charge in [0.2, 0.25) is 0 Å². The van der Waals surface area contributed by atoms with E-state index in [1.807, 2.05) is 12.2 Å². The number of halogens is 3. The van der Waals surface area contributed by atoms with Crippen LogP contribution >= 0.6 is 0 Å². The molecule has 1 aliphatic carbocycles. The molecular formula is C19H22F3NO. The van der Waals surface area contributed by atoms with Gasteiger partial charge in [-0.05, 0) is 62.5 Å². The van der Waals surface area contributed by atoms with E-state index in [0.717, 1.165) is 29.9 Å². The van der Waals surface area contributed by atoms with Crippen molar-refractivity contribution in [3.05, 3.63) is 59.0 Å². The lowest BCUT2D eigenvalue weighted by Gasteiger charge is -2.45. The summed E-state index contributed by atoms with van der Waals surface area (Å²) in [6.45, 7) is 4.23. The molecule has 0 radical (unpaired) electrons. The Kier molecular flexibility index (Phi) is 4.14. The number of hydrogen-bond acceptors (Lipinski definition) is 2. The minimum Gasteiger partial charge on any atom is -0.497 e. The number of ether oxygens (including phenoxy) is 1. The zero-order valence-electron chi connectivity index (χ0n) is 14.1. The van der Waals surface area contributed by atoms with Crippen molar-refractivity contribution in [3.63, 3.8) is 0 Å². The molecule has 1 aromatic rings. The third-order valence-corrected chi connectivity index (χ3v) is 4.87. The number of methoxy groups -OCH3 is 1. The molecule has 2 nitrogen and oxygen atoms in total. The van der Waals surface area contributed by atoms with Crippen molar-refractivity contribution in [2.45, 2.75) is 44.3 Å². The van der Waals surface area contributed by atoms with Crippen LogP contribution in [0.4, 0.5) is 13.2 Å². The van der Waals surface area contributed by atoms with Gasteiger partial charge in [-0.1, -0.05) is 12.1 Å². The van der Waals surface area contributed by atoms with Gasteiger partial charge in [-0.2, -0.15) is 13.2 Å². The van der Waals surface area contributed by atoms with Crippen LogP contribution in [0, 0.1) is 5.92 Å². The number of alkyl halides is 3. The van der Waals surface area contributed by atoms with Gasteiger partial charge in [0, 0.05) is 17.2 Å². The molecule has 2 unspecified atom stereocenters. The van der Waals surface area contributed by atoms with E-state index in [1.165, 1.54) is 12.1 Å². The Morgan fingerprint density at radius 3 is 2.38 bits per heavy atom. The van der Waals surface area contributed by atoms with Crippen molar-refractivity contribution in [2.75, 3.05) is 7.11 Å². The van der Waals surface area contributed by atoms with Gasteiger partial charge in [-0.25, -0.2) is 0 Å². The molecule has 1 aliphatic heterocycles. The van der Waals surface area contributed by atoms with E-state index >= 15 is 0 Å². The predicted molar refractivity (Wildman–Crippen MR) is 87.3 cm³/mol. The van der Waals surface area contributed by atoms with Gasteiger partial charge in [0.1, 0.15) is 5.76 Å². The molecule has 5 heteroatoms. The van der Waals surface area contributed by atoms with Crippen molar-refractivity contribution in [1.82, 2.24) is 5.32 Å². The van der Waals surface area contributed by atoms with E-state index in [2.05, 4.69) is 19.2 Å². The zero-order chi connectivity index (χ0) is 17.5. The van der Waals surface area contributed by atoms with Gasteiger partial charge in [0.15, 0.2) is 0 Å². The number of fused-ring (bicyclic) bond motifs is 1. The lowest BCUT2D eigenvalue weighted by molar-refractivity contribution is -0.137. The zero-order valence-corrected chi connectivity index (χ0v) is 14.1. The Bertz CT molecular complexity index is 671. The molecule has 130 valence electrons. The number of benzene rings is 1. The molecule has 1 heterocycles. The topological polar surface area (TPSA) is 21.3 Å². The van der Waals surface area contributed by atoms with Crippen molar-refractivity contribution in [1.29, 1.82) is 0 Å². The number of nitrogens with one attached hydrogen (secondary N) is 1. The first-order chi connectivity index (χ1) is 11.2. The standard InChI is InChI=1S/C19H22F3NO/c1-18(2)11-16(12-4-6-13(7-5-12)19(20,21)22)15-9-8-14(24-3)10-17(15)23-18/h4-8,10,15-16,23H,9,11H2,1-3H3. The van der Waals surface area contributed by atoms with E-state index in [-0.39, 0.29) is 17.4 Å². The Balaban J connectivity index is 1.92. The number of piperidine rings is 1. The van der Waals surface area contributed by atoms with Crippen LogP contribution in [0.3, 0.4) is 0 Å². The fourth-order valence-electron chi connectivity index (χ4n) is 3.74. The molecule has 0 amide bonds. The fourth-order valence-corrected chi connectivity index (χ4v) is 3.74. The van der Waals surface area contributed by atoms with Crippen LogP contribution in [-0.2, 0) is 10.9 Å². The average Bonchev–Trinajstić information content (AvgIpc) is 2.52. The van der Waals surface area contributed by atoms with E-state index < -0.39 is 11.7 Å². The lowest BCUT2D eigenvalue weighted by Crippen LogP contribution is -2.48. The van der Waals surface area contributed by atoms with E-state index in [0.29, 0.717) is 0 Å². The highest BCUT2D eigenvalue weighted by Crippen LogP contribution is 2.45. The highest BCUT2D eigenvalue weighted by Gasteiger charge is 2.39. The summed E-state index contributed by atoms with van der Waals surface area (Å²) in [4.78, 5) is 0. The molecule has 1 aromatic carbocycles. The van der Waals surface area contributed by atoms with Crippen LogP contribution in [0.5, 0.6) is 0 Å². The molecule has 0 bridgehead atoms. The van der Waals surface area contributed by atoms with Crippen molar-refractivity contribution < 1.29 is 17.9 Å². The van der Waals surface area contributed by atoms with Crippen LogP contribution in [0.2, 0.25) is 0 Å². The van der Waals surface area contributed by atoms with Gasteiger partial charge < -0.3 is 10.1 Å². The van der Waals surface area contributed by atoms with E-state index in [9.17, 15) is 13.2 Å². The summed E-state index contributed by atoms with van der Waals surface area (Å²) in [5, 5.41) is 3.55. The first-order valence-corrected chi connectivity index (χ1v) is 8.11. The predicted octanol–water partition coefficient (Wildman–Crippen LogP) is 5.00. The van der Waals surface area contributed by atoms with Crippen molar-refractivity contribution in [3.8, 4) is 0 Å². The van der Waals surface area contributed by atoms with Crippen LogP contribution < -0.4 is 5.32 Å². The minimum absolute atomic E-state index is 0.119. The molecule has 2 atom stereocenters. The molecule has 1 saturated heterocycles. The maximum atomic E-state index is 12.8. The summed E-state index contributed by atoms with van der Waals surface area (Å²) in [6.07, 6.45) is 1.45. The van der Waals surface area contributed by atoms with Gasteiger partial charge in [-0.15, -0.1) is 0 Å². The van der Waals surface area contributed by atoms with Crippen molar-refractivity contribution >= 4 is 0 Å². The summed E-state index contributed by atoms with van der Waals surface area (Å²) in [7, 11) is 1.64. The quantitative estimate of drug-likeness (QED) is 0.820. The van der Waals surface area contributed by atoms with Gasteiger partial charge in [0.05, 0.1) is 12.7 Å². The van der Waals surface area contributed by atoms with Gasteiger partial charge in [-0.3, -0.25) is 0 Å². The first-order valence-electron chi connectivity index (χ1n) is 8.11. The first kappa shape index (κ1) is 16.9. The second-order valence-corrected chi connectivity index (χ2v) is 7.19. The summed E-state index contributed by atoms with van der Waals surface area (Å²) >= 11 is 0. The molecule has 1 N–H and O–H groups in total. The van der Waals surface area contributed by atoms with Crippen LogP contribution in [0.15, 0.2) is 47.9 Å². The number of hydrogen-bond donors (Lipinski definition) is 1. The molecule has 3 rings (SSSR count). The summed E-state index contributed by atoms with van der Waals surface area (Å²) in [6, 6.07) is 5.63. The van der Waals surface area contributed by atoms with Gasteiger partial charge in [0.25, 0.3) is 0 Å². The Labute approximate surface area is 140 Å². The van der Waals surface area contributed by atoms with E-state index in [4.69, 9.17) is 4.74 Å². The Morgan fingerprint density at radius 2 is 1.79 bits per heavy atom. The average molecular weight is 337 g/mol. The molecular weight excluding hydrogens is 315 g/mol. The maximum Gasteiger partial charge on any atom is 0.416 e. The molecule has 0 saturated carbocycles. The Hall–Kier alpha value is -1.91. The maximum absolute atomic E-state index is 12.8. The lowest BCUT2D eigenvalue weighted by atomic mass is 9.70. The SMILES string of the molecule is COC1=CCC2C(=C1)NC(C)(C)CC2c1ccc(C(F)(F)F)cc1. The highest BCUT2D eigenvalue weighted by atomic mass is 19.4. The molecule has 0 aromatic heterocycles. The fraction of sp³-hybridized carbons (Fsp3) is 0.474. The Morgan fingerprint density at radius 1 is 1.12 bits per heavy atom. The molecule has 0 spiro atoms. The summed E-state index contributed by atoms with van der Waals surface area (Å²) in [5.41, 5.74) is 1.35. The largest absolute Gasteiger partial charge is 0.497 e. The van der Waals surface area contributed by atoms with E-state index in [1.54, 1.807) is 19.2 Å². The molecule has 1 fully saturated rings. The summed E-state index contributed by atoms with van der Waals surface area (Å²) in [5.74, 6) is 1.26. The number of rotatable bonds is 2. The monoisotopic (exact) mass is 337 g/mol.